The molecule has 6 heteroatoms. The number of carbonyl (C=O) groups excluding carboxylic acids is 2. The number of nitrogens with zero attached hydrogens (tertiary/aromatic N) is 2. The molecule has 1 saturated heterocycles. The van der Waals surface area contributed by atoms with Gasteiger partial charge in [-0.05, 0) is 40.8 Å². The van der Waals surface area contributed by atoms with Crippen molar-refractivity contribution in [3.05, 3.63) is 95.1 Å². The molecule has 1 fully saturated rings. The average molecular weight is 454 g/mol. The molecule has 4 aromatic rings. The van der Waals surface area contributed by atoms with Crippen LogP contribution in [0.25, 0.3) is 10.9 Å². The van der Waals surface area contributed by atoms with Crippen LogP contribution in [0.1, 0.15) is 54.0 Å². The second kappa shape index (κ2) is 7.90. The molecule has 2 aromatic carbocycles. The highest BCUT2D eigenvalue weighted by Gasteiger charge is 2.48. The number of fused-ring (bicyclic) bond motifs is 4. The van der Waals surface area contributed by atoms with Crippen LogP contribution in [0, 0.1) is 0 Å². The summed E-state index contributed by atoms with van der Waals surface area (Å²) >= 11 is 0. The van der Waals surface area contributed by atoms with Crippen LogP contribution in [0.4, 0.5) is 0 Å². The lowest BCUT2D eigenvalue weighted by Crippen LogP contribution is -2.62. The third-order valence-electron chi connectivity index (χ3n) is 7.19. The van der Waals surface area contributed by atoms with Crippen LogP contribution in [-0.2, 0) is 22.6 Å². The van der Waals surface area contributed by atoms with Gasteiger partial charge in [0.25, 0.3) is 0 Å². The largest absolute Gasteiger partial charge is 0.467 e. The highest BCUT2D eigenvalue weighted by Crippen LogP contribution is 2.42. The Bertz CT molecular complexity index is 1370. The Morgan fingerprint density at radius 2 is 1.82 bits per heavy atom. The van der Waals surface area contributed by atoms with Crippen molar-refractivity contribution in [2.75, 3.05) is 6.54 Å². The maximum atomic E-state index is 13.7. The Labute approximate surface area is 198 Å². The Hall–Kier alpha value is -3.80. The summed E-state index contributed by atoms with van der Waals surface area (Å²) in [6.07, 6.45) is 2.09. The number of aromatic amines is 1. The van der Waals surface area contributed by atoms with E-state index in [4.69, 9.17) is 4.42 Å². The molecule has 0 aliphatic carbocycles. The lowest BCUT2D eigenvalue weighted by molar-refractivity contribution is -0.159. The lowest BCUT2D eigenvalue weighted by atomic mass is 9.85. The van der Waals surface area contributed by atoms with Crippen LogP contribution >= 0.6 is 0 Å². The number of hydrogen-bond donors (Lipinski definition) is 1. The molecule has 2 amide bonds. The summed E-state index contributed by atoms with van der Waals surface area (Å²) in [7, 11) is 0. The van der Waals surface area contributed by atoms with E-state index in [1.807, 2.05) is 23.1 Å². The monoisotopic (exact) mass is 453 g/mol. The molecule has 6 nitrogen and oxygen atoms in total. The van der Waals surface area contributed by atoms with Gasteiger partial charge in [-0.2, -0.15) is 0 Å². The molecule has 34 heavy (non-hydrogen) atoms. The number of H-pyrrole nitrogens is 1. The SMILES string of the molecule is CC(C)c1ccc(C2c3[nH]c4ccccc4c3CC3C(=O)N(Cc4ccco4)CC(=O)N32)cc1. The van der Waals surface area contributed by atoms with E-state index in [0.717, 1.165) is 27.7 Å². The van der Waals surface area contributed by atoms with Gasteiger partial charge < -0.3 is 19.2 Å². The van der Waals surface area contributed by atoms with Gasteiger partial charge in [0.05, 0.1) is 18.8 Å². The Kier molecular flexibility index (Phi) is 4.83. The molecule has 0 spiro atoms. The molecule has 4 heterocycles. The highest BCUT2D eigenvalue weighted by atomic mass is 16.3. The number of amides is 2. The van der Waals surface area contributed by atoms with Crippen molar-refractivity contribution in [1.82, 2.24) is 14.8 Å². The summed E-state index contributed by atoms with van der Waals surface area (Å²) in [5.41, 5.74) is 5.43. The number of hydrogen-bond acceptors (Lipinski definition) is 3. The van der Waals surface area contributed by atoms with Gasteiger partial charge >= 0.3 is 0 Å². The van der Waals surface area contributed by atoms with E-state index < -0.39 is 6.04 Å². The molecule has 2 atom stereocenters. The Balaban J connectivity index is 1.46. The van der Waals surface area contributed by atoms with Crippen molar-refractivity contribution in [3.8, 4) is 0 Å². The minimum Gasteiger partial charge on any atom is -0.467 e. The summed E-state index contributed by atoms with van der Waals surface area (Å²) < 4.78 is 5.45. The molecule has 6 rings (SSSR count). The van der Waals surface area contributed by atoms with Crippen LogP contribution in [0.15, 0.2) is 71.3 Å². The number of rotatable bonds is 4. The molecular formula is C28H27N3O3. The van der Waals surface area contributed by atoms with Gasteiger partial charge in [-0.25, -0.2) is 0 Å². The number of furan rings is 1. The van der Waals surface area contributed by atoms with E-state index in [0.29, 0.717) is 24.6 Å². The Morgan fingerprint density at radius 3 is 2.56 bits per heavy atom. The molecule has 0 radical (unpaired) electrons. The van der Waals surface area contributed by atoms with Crippen molar-refractivity contribution >= 4 is 22.7 Å². The molecule has 0 saturated carbocycles. The maximum absolute atomic E-state index is 13.7. The number of nitrogens with one attached hydrogen (secondary N) is 1. The van der Waals surface area contributed by atoms with Crippen molar-refractivity contribution in [2.45, 2.75) is 44.8 Å². The zero-order valence-corrected chi connectivity index (χ0v) is 19.3. The van der Waals surface area contributed by atoms with E-state index in [1.54, 1.807) is 17.2 Å². The first kappa shape index (κ1) is 20.8. The van der Waals surface area contributed by atoms with Gasteiger partial charge in [0.2, 0.25) is 11.8 Å². The van der Waals surface area contributed by atoms with Gasteiger partial charge in [-0.3, -0.25) is 9.59 Å². The number of piperazine rings is 1. The quantitative estimate of drug-likeness (QED) is 0.484. The van der Waals surface area contributed by atoms with Gasteiger partial charge in [0.1, 0.15) is 18.3 Å². The molecule has 2 aromatic heterocycles. The van der Waals surface area contributed by atoms with E-state index in [9.17, 15) is 9.59 Å². The average Bonchev–Trinajstić information content (AvgIpc) is 3.49. The smallest absolute Gasteiger partial charge is 0.246 e. The predicted octanol–water partition coefficient (Wildman–Crippen LogP) is 4.77. The molecule has 2 aliphatic heterocycles. The zero-order chi connectivity index (χ0) is 23.4. The first-order valence-electron chi connectivity index (χ1n) is 11.8. The second-order valence-corrected chi connectivity index (χ2v) is 9.58. The van der Waals surface area contributed by atoms with Crippen LogP contribution in [0.2, 0.25) is 0 Å². The van der Waals surface area contributed by atoms with Crippen molar-refractivity contribution in [3.63, 3.8) is 0 Å². The summed E-state index contributed by atoms with van der Waals surface area (Å²) in [5.74, 6) is 1.03. The topological polar surface area (TPSA) is 69.5 Å². The molecule has 172 valence electrons. The van der Waals surface area contributed by atoms with E-state index in [2.05, 4.69) is 55.2 Å². The molecular weight excluding hydrogens is 426 g/mol. The minimum atomic E-state index is -0.544. The first-order chi connectivity index (χ1) is 16.5. The molecule has 2 aliphatic rings. The first-order valence-corrected chi connectivity index (χ1v) is 11.8. The van der Waals surface area contributed by atoms with Gasteiger partial charge in [-0.15, -0.1) is 0 Å². The van der Waals surface area contributed by atoms with Gasteiger partial charge in [0.15, 0.2) is 0 Å². The fraction of sp³-hybridized carbons (Fsp3) is 0.286. The minimum absolute atomic E-state index is 0.0317. The van der Waals surface area contributed by atoms with Crippen LogP contribution in [0.3, 0.4) is 0 Å². The summed E-state index contributed by atoms with van der Waals surface area (Å²) in [6.45, 7) is 4.69. The lowest BCUT2D eigenvalue weighted by Gasteiger charge is -2.47. The van der Waals surface area contributed by atoms with Crippen LogP contribution < -0.4 is 0 Å². The van der Waals surface area contributed by atoms with Crippen LogP contribution in [-0.4, -0.2) is 39.2 Å². The third kappa shape index (κ3) is 3.24. The standard InChI is InChI=1S/C28H27N3O3/c1-17(2)18-9-11-19(12-10-18)27-26-22(21-7-3-4-8-23(21)29-26)14-24-28(33)30(16-25(32)31(24)27)15-20-6-5-13-34-20/h3-13,17,24,27,29H,14-16H2,1-2H3. The summed E-state index contributed by atoms with van der Waals surface area (Å²) in [6, 6.07) is 19.4. The van der Waals surface area contributed by atoms with E-state index >= 15 is 0 Å². The predicted molar refractivity (Wildman–Crippen MR) is 129 cm³/mol. The van der Waals surface area contributed by atoms with Gasteiger partial charge in [-0.1, -0.05) is 56.3 Å². The number of carbonyl (C=O) groups is 2. The maximum Gasteiger partial charge on any atom is 0.246 e. The van der Waals surface area contributed by atoms with Crippen LogP contribution in [0.5, 0.6) is 0 Å². The Morgan fingerprint density at radius 1 is 1.03 bits per heavy atom. The molecule has 2 unspecified atom stereocenters. The fourth-order valence-electron chi connectivity index (χ4n) is 5.46. The van der Waals surface area contributed by atoms with Gasteiger partial charge in [0, 0.05) is 23.0 Å². The fourth-order valence-corrected chi connectivity index (χ4v) is 5.46. The van der Waals surface area contributed by atoms with E-state index in [-0.39, 0.29) is 24.4 Å². The third-order valence-corrected chi connectivity index (χ3v) is 7.19. The normalized spacial score (nSPS) is 20.2. The highest BCUT2D eigenvalue weighted by molar-refractivity contribution is 5.97. The number of aromatic nitrogens is 1. The summed E-state index contributed by atoms with van der Waals surface area (Å²) in [4.78, 5) is 34.3. The molecule has 0 bridgehead atoms. The summed E-state index contributed by atoms with van der Waals surface area (Å²) in [5, 5.41) is 1.12. The van der Waals surface area contributed by atoms with Crippen molar-refractivity contribution in [1.29, 1.82) is 0 Å². The molecule has 1 N–H and O–H groups in total. The second-order valence-electron chi connectivity index (χ2n) is 9.58. The number of benzene rings is 2. The number of para-hydroxylation sites is 1. The van der Waals surface area contributed by atoms with Crippen molar-refractivity contribution < 1.29 is 14.0 Å². The van der Waals surface area contributed by atoms with E-state index in [1.165, 1.54) is 5.56 Å². The van der Waals surface area contributed by atoms with Crippen molar-refractivity contribution in [2.24, 2.45) is 0 Å². The zero-order valence-electron chi connectivity index (χ0n) is 19.3.